The maximum Gasteiger partial charge on any atom is 0.317 e. The number of hydrogen-bond acceptors (Lipinski definition) is 5. The number of carboxylic acid groups (broad SMARTS) is 1. The largest absolute Gasteiger partial charge is 0.480 e. The molecule has 134 valence electrons. The van der Waals surface area contributed by atoms with Gasteiger partial charge in [0.1, 0.15) is 5.84 Å². The highest BCUT2D eigenvalue weighted by Gasteiger charge is 2.31. The molecule has 0 bridgehead atoms. The second-order valence-corrected chi connectivity index (χ2v) is 5.75. The summed E-state index contributed by atoms with van der Waals surface area (Å²) in [5, 5.41) is 21.6. The SMILES string of the molecule is N=C(N)c1ccc(NC(=O)CCC2C(=O)NCCN2CC(=O)O)cc1. The van der Waals surface area contributed by atoms with E-state index in [1.807, 2.05) is 0 Å². The number of carbonyl (C=O) groups is 3. The number of nitrogen functional groups attached to an aromatic ring is 1. The molecule has 1 fully saturated rings. The number of amidine groups is 1. The van der Waals surface area contributed by atoms with Crippen LogP contribution in [0.2, 0.25) is 0 Å². The number of amides is 2. The Hall–Kier alpha value is -2.94. The van der Waals surface area contributed by atoms with E-state index in [9.17, 15) is 14.4 Å². The summed E-state index contributed by atoms with van der Waals surface area (Å²) in [4.78, 5) is 36.5. The van der Waals surface area contributed by atoms with Crippen LogP contribution in [0.25, 0.3) is 0 Å². The van der Waals surface area contributed by atoms with Gasteiger partial charge < -0.3 is 21.5 Å². The predicted molar refractivity (Wildman–Crippen MR) is 91.3 cm³/mol. The molecule has 25 heavy (non-hydrogen) atoms. The van der Waals surface area contributed by atoms with Crippen molar-refractivity contribution in [2.24, 2.45) is 5.73 Å². The standard InChI is InChI=1S/C16H21N5O4/c17-15(18)10-1-3-11(4-2-10)20-13(22)6-5-12-16(25)19-7-8-21(12)9-14(23)24/h1-4,12H,5-9H2,(H3,17,18)(H,19,25)(H,20,22)(H,23,24). The third-order valence-electron chi connectivity index (χ3n) is 3.90. The van der Waals surface area contributed by atoms with Crippen LogP contribution in [0.15, 0.2) is 24.3 Å². The van der Waals surface area contributed by atoms with Gasteiger partial charge in [-0.25, -0.2) is 0 Å². The lowest BCUT2D eigenvalue weighted by atomic mass is 10.1. The van der Waals surface area contributed by atoms with Crippen LogP contribution in [0.3, 0.4) is 0 Å². The van der Waals surface area contributed by atoms with Crippen molar-refractivity contribution in [3.8, 4) is 0 Å². The van der Waals surface area contributed by atoms with Crippen molar-refractivity contribution < 1.29 is 19.5 Å². The first-order chi connectivity index (χ1) is 11.9. The Morgan fingerprint density at radius 3 is 2.64 bits per heavy atom. The minimum Gasteiger partial charge on any atom is -0.480 e. The molecule has 2 rings (SSSR count). The van der Waals surface area contributed by atoms with Crippen molar-refractivity contribution in [1.82, 2.24) is 10.2 Å². The van der Waals surface area contributed by atoms with E-state index in [1.165, 1.54) is 0 Å². The van der Waals surface area contributed by atoms with E-state index in [0.29, 0.717) is 24.3 Å². The molecule has 1 aromatic rings. The molecule has 1 saturated heterocycles. The summed E-state index contributed by atoms with van der Waals surface area (Å²) in [6, 6.07) is 5.90. The van der Waals surface area contributed by atoms with E-state index in [0.717, 1.165) is 0 Å². The van der Waals surface area contributed by atoms with E-state index in [4.69, 9.17) is 16.2 Å². The van der Waals surface area contributed by atoms with Crippen LogP contribution >= 0.6 is 0 Å². The van der Waals surface area contributed by atoms with Gasteiger partial charge in [-0.1, -0.05) is 0 Å². The van der Waals surface area contributed by atoms with Gasteiger partial charge >= 0.3 is 5.97 Å². The highest BCUT2D eigenvalue weighted by molar-refractivity contribution is 5.96. The number of nitrogens with one attached hydrogen (secondary N) is 3. The molecule has 0 saturated carbocycles. The lowest BCUT2D eigenvalue weighted by Crippen LogP contribution is -2.56. The van der Waals surface area contributed by atoms with Gasteiger partial charge in [0.15, 0.2) is 0 Å². The fourth-order valence-corrected chi connectivity index (χ4v) is 2.66. The van der Waals surface area contributed by atoms with Crippen LogP contribution < -0.4 is 16.4 Å². The summed E-state index contributed by atoms with van der Waals surface area (Å²) in [5.74, 6) is -1.59. The Bertz CT molecular complexity index is 674. The van der Waals surface area contributed by atoms with Crippen LogP contribution in [0.1, 0.15) is 18.4 Å². The smallest absolute Gasteiger partial charge is 0.317 e. The molecule has 2 amide bonds. The van der Waals surface area contributed by atoms with E-state index in [2.05, 4.69) is 10.6 Å². The second kappa shape index (κ2) is 8.25. The summed E-state index contributed by atoms with van der Waals surface area (Å²) in [6.07, 6.45) is 0.319. The Balaban J connectivity index is 1.89. The molecule has 0 aromatic heterocycles. The van der Waals surface area contributed by atoms with Crippen molar-refractivity contribution in [2.45, 2.75) is 18.9 Å². The molecule has 0 radical (unpaired) electrons. The maximum absolute atomic E-state index is 12.1. The summed E-state index contributed by atoms with van der Waals surface area (Å²) < 4.78 is 0. The molecule has 6 N–H and O–H groups in total. The molecule has 1 unspecified atom stereocenters. The average Bonchev–Trinajstić information content (AvgIpc) is 2.54. The lowest BCUT2D eigenvalue weighted by Gasteiger charge is -2.33. The molecule has 9 heteroatoms. The second-order valence-electron chi connectivity index (χ2n) is 5.75. The zero-order chi connectivity index (χ0) is 18.4. The molecule has 1 aliphatic rings. The number of carboxylic acids is 1. The maximum atomic E-state index is 12.1. The first-order valence-electron chi connectivity index (χ1n) is 7.84. The van der Waals surface area contributed by atoms with Gasteiger partial charge in [-0.2, -0.15) is 0 Å². The first kappa shape index (κ1) is 18.4. The third kappa shape index (κ3) is 5.28. The van der Waals surface area contributed by atoms with Crippen LogP contribution in [-0.4, -0.2) is 59.3 Å². The van der Waals surface area contributed by atoms with E-state index < -0.39 is 12.0 Å². The van der Waals surface area contributed by atoms with Gasteiger partial charge in [0.2, 0.25) is 11.8 Å². The van der Waals surface area contributed by atoms with E-state index in [1.54, 1.807) is 29.2 Å². The Kier molecular flexibility index (Phi) is 6.07. The molecule has 0 spiro atoms. The topological polar surface area (TPSA) is 149 Å². The average molecular weight is 347 g/mol. The van der Waals surface area contributed by atoms with E-state index in [-0.39, 0.29) is 37.0 Å². The normalized spacial score (nSPS) is 17.6. The fourth-order valence-electron chi connectivity index (χ4n) is 2.66. The zero-order valence-corrected chi connectivity index (χ0v) is 13.6. The molecule has 1 heterocycles. The molecule has 1 aromatic carbocycles. The van der Waals surface area contributed by atoms with Gasteiger partial charge in [0.05, 0.1) is 12.6 Å². The Labute approximate surface area is 144 Å². The molecule has 1 atom stereocenters. The third-order valence-corrected chi connectivity index (χ3v) is 3.90. The number of carbonyl (C=O) groups excluding carboxylic acids is 2. The number of hydrogen-bond donors (Lipinski definition) is 5. The Morgan fingerprint density at radius 2 is 2.04 bits per heavy atom. The highest BCUT2D eigenvalue weighted by atomic mass is 16.4. The minimum atomic E-state index is -1.00. The number of nitrogens with two attached hydrogens (primary N) is 1. The van der Waals surface area contributed by atoms with Gasteiger partial charge in [-0.3, -0.25) is 24.7 Å². The number of aliphatic carboxylic acids is 1. The predicted octanol–water partition coefficient (Wildman–Crippen LogP) is -0.426. The van der Waals surface area contributed by atoms with Crippen molar-refractivity contribution in [3.05, 3.63) is 29.8 Å². The van der Waals surface area contributed by atoms with Crippen molar-refractivity contribution in [2.75, 3.05) is 25.0 Å². The van der Waals surface area contributed by atoms with Gasteiger partial charge in [-0.05, 0) is 30.7 Å². The highest BCUT2D eigenvalue weighted by Crippen LogP contribution is 2.13. The number of nitrogens with zero attached hydrogens (tertiary/aromatic N) is 1. The van der Waals surface area contributed by atoms with Crippen LogP contribution in [0, 0.1) is 5.41 Å². The van der Waals surface area contributed by atoms with Crippen LogP contribution in [-0.2, 0) is 14.4 Å². The monoisotopic (exact) mass is 347 g/mol. The Morgan fingerprint density at radius 1 is 1.36 bits per heavy atom. The van der Waals surface area contributed by atoms with Gasteiger partial charge in [0.25, 0.3) is 0 Å². The van der Waals surface area contributed by atoms with Gasteiger partial charge in [0, 0.05) is 30.8 Å². The molecular weight excluding hydrogens is 326 g/mol. The quantitative estimate of drug-likeness (QED) is 0.334. The first-order valence-corrected chi connectivity index (χ1v) is 7.84. The summed E-state index contributed by atoms with van der Waals surface area (Å²) in [6.45, 7) is 0.611. The van der Waals surface area contributed by atoms with Crippen LogP contribution in [0.5, 0.6) is 0 Å². The summed E-state index contributed by atoms with van der Waals surface area (Å²) in [7, 11) is 0. The molecule has 0 aliphatic carbocycles. The zero-order valence-electron chi connectivity index (χ0n) is 13.6. The number of rotatable bonds is 7. The number of benzene rings is 1. The number of anilines is 1. The molecule has 9 nitrogen and oxygen atoms in total. The fraction of sp³-hybridized carbons (Fsp3) is 0.375. The molecule has 1 aliphatic heterocycles. The van der Waals surface area contributed by atoms with Gasteiger partial charge in [-0.15, -0.1) is 0 Å². The minimum absolute atomic E-state index is 0.0558. The van der Waals surface area contributed by atoms with E-state index >= 15 is 0 Å². The lowest BCUT2D eigenvalue weighted by molar-refractivity contribution is -0.141. The summed E-state index contributed by atoms with van der Waals surface area (Å²) >= 11 is 0. The van der Waals surface area contributed by atoms with Crippen LogP contribution in [0.4, 0.5) is 5.69 Å². The number of piperazine rings is 1. The van der Waals surface area contributed by atoms with Crippen molar-refractivity contribution in [1.29, 1.82) is 5.41 Å². The molecular formula is C16H21N5O4. The summed E-state index contributed by atoms with van der Waals surface area (Å²) in [5.41, 5.74) is 6.48. The van der Waals surface area contributed by atoms with Crippen molar-refractivity contribution in [3.63, 3.8) is 0 Å². The van der Waals surface area contributed by atoms with Crippen molar-refractivity contribution >= 4 is 29.3 Å².